The molecule has 17 heavy (non-hydrogen) atoms. The van der Waals surface area contributed by atoms with Gasteiger partial charge in [0.25, 0.3) is 0 Å². The number of likely N-dealkylation sites (tertiary alicyclic amines) is 1. The van der Waals surface area contributed by atoms with Gasteiger partial charge in [0, 0.05) is 19.1 Å². The van der Waals surface area contributed by atoms with Crippen LogP contribution >= 0.6 is 0 Å². The van der Waals surface area contributed by atoms with Crippen LogP contribution in [0.2, 0.25) is 0 Å². The average Bonchev–Trinajstić information content (AvgIpc) is 2.63. The Labute approximate surface area is 107 Å². The normalized spacial score (nSPS) is 38.5. The van der Waals surface area contributed by atoms with E-state index in [2.05, 4.69) is 38.0 Å². The monoisotopic (exact) mass is 238 g/mol. The van der Waals surface area contributed by atoms with Gasteiger partial charge in [0.05, 0.1) is 0 Å². The largest absolute Gasteiger partial charge is 0.317 e. The molecule has 1 aliphatic heterocycles. The number of hydrogen-bond acceptors (Lipinski definition) is 2. The van der Waals surface area contributed by atoms with E-state index in [0.717, 1.165) is 17.9 Å². The van der Waals surface area contributed by atoms with Gasteiger partial charge in [0.2, 0.25) is 0 Å². The summed E-state index contributed by atoms with van der Waals surface area (Å²) in [5.41, 5.74) is 0.559. The van der Waals surface area contributed by atoms with Crippen LogP contribution in [0.1, 0.15) is 46.5 Å². The van der Waals surface area contributed by atoms with Crippen molar-refractivity contribution in [3.05, 3.63) is 0 Å². The van der Waals surface area contributed by atoms with Crippen molar-refractivity contribution in [2.75, 3.05) is 26.7 Å². The summed E-state index contributed by atoms with van der Waals surface area (Å²) in [5, 5.41) is 3.55. The third kappa shape index (κ3) is 3.45. The number of rotatable bonds is 3. The van der Waals surface area contributed by atoms with Crippen LogP contribution in [0.3, 0.4) is 0 Å². The zero-order valence-corrected chi connectivity index (χ0v) is 12.1. The average molecular weight is 238 g/mol. The summed E-state index contributed by atoms with van der Waals surface area (Å²) in [7, 11) is 2.14. The molecule has 1 N–H and O–H groups in total. The predicted molar refractivity (Wildman–Crippen MR) is 74.2 cm³/mol. The Bertz CT molecular complexity index is 249. The summed E-state index contributed by atoms with van der Waals surface area (Å²) in [6.45, 7) is 11.2. The minimum absolute atomic E-state index is 0.559. The Hall–Kier alpha value is -0.0800. The number of nitrogens with one attached hydrogen (secondary N) is 1. The summed E-state index contributed by atoms with van der Waals surface area (Å²) < 4.78 is 0. The summed E-state index contributed by atoms with van der Waals surface area (Å²) >= 11 is 0. The highest BCUT2D eigenvalue weighted by Crippen LogP contribution is 2.39. The zero-order valence-electron chi connectivity index (χ0n) is 12.1. The second-order valence-electron chi connectivity index (χ2n) is 7.22. The predicted octanol–water partition coefficient (Wildman–Crippen LogP) is 2.74. The van der Waals surface area contributed by atoms with Gasteiger partial charge in [-0.3, -0.25) is 0 Å². The molecular weight excluding hydrogens is 208 g/mol. The van der Waals surface area contributed by atoms with Gasteiger partial charge in [-0.05, 0) is 56.5 Å². The van der Waals surface area contributed by atoms with E-state index < -0.39 is 0 Å². The maximum absolute atomic E-state index is 3.55. The van der Waals surface area contributed by atoms with Crippen LogP contribution in [0, 0.1) is 17.3 Å². The Morgan fingerprint density at radius 1 is 1.29 bits per heavy atom. The first kappa shape index (κ1) is 13.4. The molecular formula is C15H30N2. The van der Waals surface area contributed by atoms with Crippen molar-refractivity contribution in [1.82, 2.24) is 10.2 Å². The number of hydrogen-bond donors (Lipinski definition) is 1. The van der Waals surface area contributed by atoms with Crippen LogP contribution in [0.15, 0.2) is 0 Å². The standard InChI is InChI=1S/C15H30N2/c1-12-6-8-17(10-12)11-13-9-15(2,3)7-5-14(13)16-4/h12-14,16H,5-11H2,1-4H3. The van der Waals surface area contributed by atoms with Crippen molar-refractivity contribution >= 4 is 0 Å². The fourth-order valence-electron chi connectivity index (χ4n) is 3.83. The van der Waals surface area contributed by atoms with Crippen molar-refractivity contribution in [3.63, 3.8) is 0 Å². The van der Waals surface area contributed by atoms with Crippen LogP contribution < -0.4 is 5.32 Å². The first-order valence-electron chi connectivity index (χ1n) is 7.40. The van der Waals surface area contributed by atoms with Crippen LogP contribution in [-0.4, -0.2) is 37.6 Å². The molecule has 0 spiro atoms. The molecule has 2 fully saturated rings. The molecule has 1 heterocycles. The number of nitrogens with zero attached hydrogens (tertiary/aromatic N) is 1. The molecule has 2 nitrogen and oxygen atoms in total. The third-order valence-electron chi connectivity index (χ3n) is 4.89. The lowest BCUT2D eigenvalue weighted by molar-refractivity contribution is 0.111. The molecule has 100 valence electrons. The van der Waals surface area contributed by atoms with Gasteiger partial charge >= 0.3 is 0 Å². The van der Waals surface area contributed by atoms with E-state index in [-0.39, 0.29) is 0 Å². The Morgan fingerprint density at radius 3 is 2.65 bits per heavy atom. The van der Waals surface area contributed by atoms with Crippen LogP contribution in [0.4, 0.5) is 0 Å². The van der Waals surface area contributed by atoms with Crippen molar-refractivity contribution in [2.45, 2.75) is 52.5 Å². The van der Waals surface area contributed by atoms with Gasteiger partial charge in [-0.1, -0.05) is 20.8 Å². The van der Waals surface area contributed by atoms with Crippen LogP contribution in [-0.2, 0) is 0 Å². The van der Waals surface area contributed by atoms with E-state index in [1.807, 2.05) is 0 Å². The maximum Gasteiger partial charge on any atom is 0.0105 e. The molecule has 3 unspecified atom stereocenters. The fraction of sp³-hybridized carbons (Fsp3) is 1.00. The van der Waals surface area contributed by atoms with Crippen LogP contribution in [0.5, 0.6) is 0 Å². The second-order valence-corrected chi connectivity index (χ2v) is 7.22. The van der Waals surface area contributed by atoms with Crippen molar-refractivity contribution < 1.29 is 0 Å². The Morgan fingerprint density at radius 2 is 2.06 bits per heavy atom. The zero-order chi connectivity index (χ0) is 12.5. The van der Waals surface area contributed by atoms with E-state index >= 15 is 0 Å². The first-order valence-corrected chi connectivity index (χ1v) is 7.40. The molecule has 1 aliphatic carbocycles. The highest BCUT2D eigenvalue weighted by molar-refractivity contribution is 4.90. The molecule has 1 saturated heterocycles. The molecule has 0 aromatic rings. The molecule has 2 heteroatoms. The molecule has 0 bridgehead atoms. The SMILES string of the molecule is CNC1CCC(C)(C)CC1CN1CCC(C)C1. The molecule has 3 atom stereocenters. The van der Waals surface area contributed by atoms with Crippen LogP contribution in [0.25, 0.3) is 0 Å². The van der Waals surface area contributed by atoms with Gasteiger partial charge in [-0.25, -0.2) is 0 Å². The lowest BCUT2D eigenvalue weighted by atomic mass is 9.69. The highest BCUT2D eigenvalue weighted by atomic mass is 15.1. The molecule has 2 aliphatic rings. The van der Waals surface area contributed by atoms with Crippen molar-refractivity contribution in [2.24, 2.45) is 17.3 Å². The first-order chi connectivity index (χ1) is 8.00. The summed E-state index contributed by atoms with van der Waals surface area (Å²) in [4.78, 5) is 2.70. The summed E-state index contributed by atoms with van der Waals surface area (Å²) in [6.07, 6.45) is 5.53. The lowest BCUT2D eigenvalue weighted by Gasteiger charge is -2.42. The van der Waals surface area contributed by atoms with Gasteiger partial charge < -0.3 is 10.2 Å². The van der Waals surface area contributed by atoms with Gasteiger partial charge in [0.15, 0.2) is 0 Å². The van der Waals surface area contributed by atoms with E-state index in [4.69, 9.17) is 0 Å². The Kier molecular flexibility index (Phi) is 4.14. The van der Waals surface area contributed by atoms with E-state index in [1.165, 1.54) is 45.3 Å². The third-order valence-corrected chi connectivity index (χ3v) is 4.89. The highest BCUT2D eigenvalue weighted by Gasteiger charge is 2.35. The molecule has 0 aromatic carbocycles. The van der Waals surface area contributed by atoms with E-state index in [0.29, 0.717) is 5.41 Å². The molecule has 0 radical (unpaired) electrons. The van der Waals surface area contributed by atoms with Gasteiger partial charge in [-0.2, -0.15) is 0 Å². The topological polar surface area (TPSA) is 15.3 Å². The minimum Gasteiger partial charge on any atom is -0.317 e. The molecule has 0 amide bonds. The fourth-order valence-corrected chi connectivity index (χ4v) is 3.83. The smallest absolute Gasteiger partial charge is 0.0105 e. The van der Waals surface area contributed by atoms with Crippen molar-refractivity contribution in [3.8, 4) is 0 Å². The van der Waals surface area contributed by atoms with Gasteiger partial charge in [0.1, 0.15) is 0 Å². The van der Waals surface area contributed by atoms with E-state index in [9.17, 15) is 0 Å². The second kappa shape index (κ2) is 5.27. The molecule has 0 aromatic heterocycles. The quantitative estimate of drug-likeness (QED) is 0.813. The van der Waals surface area contributed by atoms with Crippen molar-refractivity contribution in [1.29, 1.82) is 0 Å². The maximum atomic E-state index is 3.55. The van der Waals surface area contributed by atoms with E-state index in [1.54, 1.807) is 0 Å². The summed E-state index contributed by atoms with van der Waals surface area (Å²) in [5.74, 6) is 1.77. The van der Waals surface area contributed by atoms with Gasteiger partial charge in [-0.15, -0.1) is 0 Å². The molecule has 1 saturated carbocycles. The lowest BCUT2D eigenvalue weighted by Crippen LogP contribution is -2.46. The Balaban J connectivity index is 1.91. The molecule has 2 rings (SSSR count). The summed E-state index contributed by atoms with van der Waals surface area (Å²) in [6, 6.07) is 0.749. The minimum atomic E-state index is 0.559.